The molecule has 2 N–H and O–H groups in total. The highest BCUT2D eigenvalue weighted by Gasteiger charge is 2.11. The number of rotatable bonds is 4. The van der Waals surface area contributed by atoms with E-state index in [2.05, 4.69) is 19.9 Å². The molecule has 0 saturated heterocycles. The fraction of sp³-hybridized carbons (Fsp3) is 0.294. The normalized spacial score (nSPS) is 12.5. The molecule has 2 nitrogen and oxygen atoms in total. The van der Waals surface area contributed by atoms with Gasteiger partial charge in [0.2, 0.25) is 0 Å². The Bertz CT molecular complexity index is 593. The summed E-state index contributed by atoms with van der Waals surface area (Å²) in [6.07, 6.45) is 0. The van der Waals surface area contributed by atoms with E-state index < -0.39 is 0 Å². The molecule has 0 heterocycles. The van der Waals surface area contributed by atoms with Gasteiger partial charge in [-0.3, -0.25) is 0 Å². The van der Waals surface area contributed by atoms with Crippen molar-refractivity contribution in [1.29, 1.82) is 0 Å². The third-order valence-corrected chi connectivity index (χ3v) is 3.54. The molecular formula is C17H20ClNO. The first-order valence-electron chi connectivity index (χ1n) is 6.81. The van der Waals surface area contributed by atoms with E-state index in [1.807, 2.05) is 43.3 Å². The molecule has 3 heteroatoms. The number of para-hydroxylation sites is 1. The van der Waals surface area contributed by atoms with Crippen molar-refractivity contribution >= 4 is 11.6 Å². The van der Waals surface area contributed by atoms with Crippen LogP contribution in [0.3, 0.4) is 0 Å². The van der Waals surface area contributed by atoms with E-state index in [0.29, 0.717) is 16.7 Å². The van der Waals surface area contributed by atoms with Crippen LogP contribution < -0.4 is 10.5 Å². The second-order valence-corrected chi connectivity index (χ2v) is 5.68. The second-order valence-electron chi connectivity index (χ2n) is 5.27. The number of nitrogens with two attached hydrogens (primary N) is 1. The third-order valence-electron chi connectivity index (χ3n) is 3.24. The predicted octanol–water partition coefficient (Wildman–Crippen LogP) is 5.28. The molecule has 1 atom stereocenters. The summed E-state index contributed by atoms with van der Waals surface area (Å²) < 4.78 is 5.96. The Morgan fingerprint density at radius 3 is 2.30 bits per heavy atom. The van der Waals surface area contributed by atoms with Gasteiger partial charge < -0.3 is 10.5 Å². The lowest BCUT2D eigenvalue weighted by Gasteiger charge is -2.15. The minimum atomic E-state index is -0.0375. The standard InChI is InChI=1S/C17H20ClNO/c1-11(2)14-6-4-5-7-16(14)20-17-9-8-13(12(3)19)10-15(17)18/h4-12H,19H2,1-3H3/t12-/m1/s1. The van der Waals surface area contributed by atoms with Gasteiger partial charge in [0.15, 0.2) is 0 Å². The molecule has 0 bridgehead atoms. The van der Waals surface area contributed by atoms with Crippen LogP contribution in [0, 0.1) is 0 Å². The number of hydrogen-bond acceptors (Lipinski definition) is 2. The Labute approximate surface area is 125 Å². The Hall–Kier alpha value is -1.51. The second kappa shape index (κ2) is 6.29. The van der Waals surface area contributed by atoms with Gasteiger partial charge in [-0.2, -0.15) is 0 Å². The Kier molecular flexibility index (Phi) is 4.69. The summed E-state index contributed by atoms with van der Waals surface area (Å²) >= 11 is 6.27. The molecule has 106 valence electrons. The molecule has 20 heavy (non-hydrogen) atoms. The quantitative estimate of drug-likeness (QED) is 0.831. The SMILES string of the molecule is CC(C)c1ccccc1Oc1ccc([C@@H](C)N)cc1Cl. The van der Waals surface area contributed by atoms with Crippen LogP contribution in [0.2, 0.25) is 5.02 Å². The number of ether oxygens (including phenoxy) is 1. The van der Waals surface area contributed by atoms with Gasteiger partial charge in [-0.05, 0) is 42.2 Å². The largest absolute Gasteiger partial charge is 0.456 e. The lowest BCUT2D eigenvalue weighted by atomic mass is 10.0. The van der Waals surface area contributed by atoms with Gasteiger partial charge in [0.25, 0.3) is 0 Å². The number of benzene rings is 2. The van der Waals surface area contributed by atoms with Crippen molar-refractivity contribution in [2.45, 2.75) is 32.7 Å². The first-order chi connectivity index (χ1) is 9.49. The lowest BCUT2D eigenvalue weighted by molar-refractivity contribution is 0.473. The van der Waals surface area contributed by atoms with Crippen LogP contribution in [0.4, 0.5) is 0 Å². The Balaban J connectivity index is 2.31. The third kappa shape index (κ3) is 3.33. The molecular weight excluding hydrogens is 270 g/mol. The lowest BCUT2D eigenvalue weighted by Crippen LogP contribution is -2.04. The molecule has 0 spiro atoms. The molecule has 2 aromatic rings. The molecule has 0 aliphatic heterocycles. The fourth-order valence-corrected chi connectivity index (χ4v) is 2.28. The minimum Gasteiger partial charge on any atom is -0.456 e. The zero-order valence-corrected chi connectivity index (χ0v) is 12.8. The monoisotopic (exact) mass is 289 g/mol. The van der Waals surface area contributed by atoms with Crippen molar-refractivity contribution < 1.29 is 4.74 Å². The van der Waals surface area contributed by atoms with Crippen LogP contribution in [-0.4, -0.2) is 0 Å². The highest BCUT2D eigenvalue weighted by molar-refractivity contribution is 6.32. The maximum absolute atomic E-state index is 6.27. The summed E-state index contributed by atoms with van der Waals surface area (Å²) in [5.74, 6) is 1.90. The molecule has 0 fully saturated rings. The Morgan fingerprint density at radius 1 is 1.00 bits per heavy atom. The molecule has 0 aromatic heterocycles. The smallest absolute Gasteiger partial charge is 0.146 e. The van der Waals surface area contributed by atoms with E-state index in [1.54, 1.807) is 0 Å². The average molecular weight is 290 g/mol. The van der Waals surface area contributed by atoms with E-state index in [4.69, 9.17) is 22.1 Å². The molecule has 0 saturated carbocycles. The molecule has 0 amide bonds. The van der Waals surface area contributed by atoms with Crippen LogP contribution in [0.1, 0.15) is 43.9 Å². The maximum atomic E-state index is 6.27. The van der Waals surface area contributed by atoms with Crippen LogP contribution in [0.15, 0.2) is 42.5 Å². The van der Waals surface area contributed by atoms with Crippen LogP contribution in [0.5, 0.6) is 11.5 Å². The summed E-state index contributed by atoms with van der Waals surface area (Å²) in [5, 5.41) is 0.582. The maximum Gasteiger partial charge on any atom is 0.146 e. The van der Waals surface area contributed by atoms with E-state index in [-0.39, 0.29) is 6.04 Å². The van der Waals surface area contributed by atoms with Gasteiger partial charge in [0.05, 0.1) is 5.02 Å². The molecule has 0 radical (unpaired) electrons. The summed E-state index contributed by atoms with van der Waals surface area (Å²) in [7, 11) is 0. The van der Waals surface area contributed by atoms with E-state index in [0.717, 1.165) is 11.3 Å². The summed E-state index contributed by atoms with van der Waals surface area (Å²) in [5.41, 5.74) is 8.02. The Morgan fingerprint density at radius 2 is 1.70 bits per heavy atom. The highest BCUT2D eigenvalue weighted by atomic mass is 35.5. The summed E-state index contributed by atoms with van der Waals surface area (Å²) in [6, 6.07) is 13.7. The molecule has 2 rings (SSSR count). The summed E-state index contributed by atoms with van der Waals surface area (Å²) in [4.78, 5) is 0. The molecule has 0 aliphatic carbocycles. The highest BCUT2D eigenvalue weighted by Crippen LogP contribution is 2.35. The van der Waals surface area contributed by atoms with E-state index in [1.165, 1.54) is 5.56 Å². The van der Waals surface area contributed by atoms with Crippen LogP contribution in [-0.2, 0) is 0 Å². The van der Waals surface area contributed by atoms with Gasteiger partial charge in [-0.25, -0.2) is 0 Å². The zero-order valence-electron chi connectivity index (χ0n) is 12.1. The van der Waals surface area contributed by atoms with Gasteiger partial charge in [-0.15, -0.1) is 0 Å². The van der Waals surface area contributed by atoms with Gasteiger partial charge in [0, 0.05) is 6.04 Å². The van der Waals surface area contributed by atoms with Crippen molar-refractivity contribution in [3.05, 3.63) is 58.6 Å². The number of halogens is 1. The van der Waals surface area contributed by atoms with E-state index >= 15 is 0 Å². The molecule has 2 aromatic carbocycles. The number of hydrogen-bond donors (Lipinski definition) is 1. The zero-order chi connectivity index (χ0) is 14.7. The molecule has 0 aliphatic rings. The topological polar surface area (TPSA) is 35.2 Å². The van der Waals surface area contributed by atoms with Gasteiger partial charge >= 0.3 is 0 Å². The van der Waals surface area contributed by atoms with Crippen molar-refractivity contribution in [1.82, 2.24) is 0 Å². The van der Waals surface area contributed by atoms with E-state index in [9.17, 15) is 0 Å². The minimum absolute atomic E-state index is 0.0375. The van der Waals surface area contributed by atoms with Crippen molar-refractivity contribution in [3.63, 3.8) is 0 Å². The first kappa shape index (κ1) is 14.9. The average Bonchev–Trinajstić information content (AvgIpc) is 2.41. The van der Waals surface area contributed by atoms with Crippen molar-refractivity contribution in [2.24, 2.45) is 5.73 Å². The first-order valence-corrected chi connectivity index (χ1v) is 7.18. The molecule has 0 unspecified atom stereocenters. The predicted molar refractivity (Wildman–Crippen MR) is 84.7 cm³/mol. The van der Waals surface area contributed by atoms with Crippen molar-refractivity contribution in [2.75, 3.05) is 0 Å². The fourth-order valence-electron chi connectivity index (χ4n) is 2.05. The van der Waals surface area contributed by atoms with Gasteiger partial charge in [0.1, 0.15) is 11.5 Å². The summed E-state index contributed by atoms with van der Waals surface area (Å²) in [6.45, 7) is 6.21. The van der Waals surface area contributed by atoms with Crippen LogP contribution in [0.25, 0.3) is 0 Å². The van der Waals surface area contributed by atoms with Gasteiger partial charge in [-0.1, -0.05) is 49.7 Å². The van der Waals surface area contributed by atoms with Crippen LogP contribution >= 0.6 is 11.6 Å². The van der Waals surface area contributed by atoms with Crippen molar-refractivity contribution in [3.8, 4) is 11.5 Å².